The highest BCUT2D eigenvalue weighted by Gasteiger charge is 1.95. The van der Waals surface area contributed by atoms with Gasteiger partial charge in [0.05, 0.1) is 6.61 Å². The number of para-hydroxylation sites is 1. The Morgan fingerprint density at radius 1 is 1.20 bits per heavy atom. The molecule has 0 unspecified atom stereocenters. The van der Waals surface area contributed by atoms with E-state index < -0.39 is 12.1 Å². The van der Waals surface area contributed by atoms with E-state index in [-0.39, 0.29) is 6.61 Å². The summed E-state index contributed by atoms with van der Waals surface area (Å²) in [6, 6.07) is 9.35. The highest BCUT2D eigenvalue weighted by molar-refractivity contribution is 5.81. The largest absolute Gasteiger partial charge is 0.490 e. The summed E-state index contributed by atoms with van der Waals surface area (Å²) in [5.41, 5.74) is 4.54. The fourth-order valence-electron chi connectivity index (χ4n) is 1.02. The van der Waals surface area contributed by atoms with Gasteiger partial charge in [-0.25, -0.2) is 9.59 Å². The van der Waals surface area contributed by atoms with E-state index in [4.69, 9.17) is 9.47 Å². The molecule has 0 saturated carbocycles. The zero-order valence-electron chi connectivity index (χ0n) is 11.4. The van der Waals surface area contributed by atoms with Crippen molar-refractivity contribution in [1.82, 2.24) is 0 Å². The molecule has 1 aromatic rings. The van der Waals surface area contributed by atoms with Gasteiger partial charge in [-0.15, -0.1) is 0 Å². The van der Waals surface area contributed by atoms with Gasteiger partial charge in [0.2, 0.25) is 0 Å². The summed E-state index contributed by atoms with van der Waals surface area (Å²) >= 11 is 0. The third kappa shape index (κ3) is 10.6. The Morgan fingerprint density at radius 2 is 1.85 bits per heavy atom. The molecule has 2 N–H and O–H groups in total. The van der Waals surface area contributed by atoms with Crippen LogP contribution in [-0.4, -0.2) is 31.9 Å². The average Bonchev–Trinajstić information content (AvgIpc) is 2.45. The molecule has 0 spiro atoms. The molecular formula is C14H19NO5. The van der Waals surface area contributed by atoms with Crippen LogP contribution in [0.2, 0.25) is 0 Å². The molecule has 6 heteroatoms. The minimum Gasteiger partial charge on any atom is -0.490 e. The van der Waals surface area contributed by atoms with Crippen LogP contribution in [0.1, 0.15) is 6.92 Å². The van der Waals surface area contributed by atoms with Gasteiger partial charge in [-0.3, -0.25) is 0 Å². The van der Waals surface area contributed by atoms with E-state index >= 15 is 0 Å². The number of esters is 1. The van der Waals surface area contributed by atoms with Crippen LogP contribution in [0.5, 0.6) is 5.75 Å². The molecule has 0 bridgehead atoms. The number of carbonyl (C=O) groups is 2. The van der Waals surface area contributed by atoms with E-state index in [0.717, 1.165) is 11.8 Å². The topological polar surface area (TPSA) is 87.8 Å². The number of carbonyl (C=O) groups excluding carboxylic acids is 2. The molecule has 0 fully saturated rings. The van der Waals surface area contributed by atoms with Gasteiger partial charge in [-0.1, -0.05) is 24.8 Å². The molecule has 0 aliphatic heterocycles. The molecule has 0 aliphatic rings. The molecule has 0 saturated heterocycles. The quantitative estimate of drug-likeness (QED) is 0.489. The molecule has 0 aromatic heterocycles. The first kappa shape index (κ1) is 17.5. The number of nitrogens with two attached hydrogens (primary N) is 1. The Hall–Kier alpha value is -2.50. The molecular weight excluding hydrogens is 262 g/mol. The predicted octanol–water partition coefficient (Wildman–Crippen LogP) is 1.90. The Kier molecular flexibility index (Phi) is 10.1. The smallest absolute Gasteiger partial charge is 0.404 e. The lowest BCUT2D eigenvalue weighted by atomic mass is 10.3. The van der Waals surface area contributed by atoms with Crippen LogP contribution >= 0.6 is 0 Å². The monoisotopic (exact) mass is 281 g/mol. The average molecular weight is 281 g/mol. The lowest BCUT2D eigenvalue weighted by Gasteiger charge is -2.05. The van der Waals surface area contributed by atoms with E-state index in [1.807, 2.05) is 30.3 Å². The van der Waals surface area contributed by atoms with Crippen molar-refractivity contribution in [3.05, 3.63) is 43.0 Å². The molecule has 0 radical (unpaired) electrons. The van der Waals surface area contributed by atoms with Crippen LogP contribution in [0.4, 0.5) is 4.79 Å². The fourth-order valence-corrected chi connectivity index (χ4v) is 1.02. The zero-order chi connectivity index (χ0) is 15.2. The summed E-state index contributed by atoms with van der Waals surface area (Å²) in [4.78, 5) is 20.2. The molecule has 1 amide bonds. The summed E-state index contributed by atoms with van der Waals surface area (Å²) in [6.07, 6.45) is 0.417. The summed E-state index contributed by atoms with van der Waals surface area (Å²) in [7, 11) is 0. The number of benzene rings is 1. The first-order valence-electron chi connectivity index (χ1n) is 5.99. The normalized spacial score (nSPS) is 8.65. The Morgan fingerprint density at radius 3 is 2.30 bits per heavy atom. The fraction of sp³-hybridized carbons (Fsp3) is 0.286. The standard InChI is InChI=1S/C11H12O3.C3H7NO2/c1-2-11(12)14-9-8-13-10-6-4-3-5-7-10;1-2-6-3(4)5/h2-7H,1,8-9H2;2H2,1H3,(H2,4,5). The molecule has 110 valence electrons. The Balaban J connectivity index is 0.000000511. The third-order valence-electron chi connectivity index (χ3n) is 1.79. The first-order chi connectivity index (χ1) is 9.60. The molecule has 6 nitrogen and oxygen atoms in total. The van der Waals surface area contributed by atoms with Crippen LogP contribution in [0, 0.1) is 0 Å². The highest BCUT2D eigenvalue weighted by Crippen LogP contribution is 2.07. The van der Waals surface area contributed by atoms with Crippen LogP contribution in [-0.2, 0) is 14.3 Å². The predicted molar refractivity (Wildman–Crippen MR) is 74.3 cm³/mol. The van der Waals surface area contributed by atoms with Crippen molar-refractivity contribution in [3.8, 4) is 5.75 Å². The number of primary amides is 1. The Bertz CT molecular complexity index is 405. The van der Waals surface area contributed by atoms with Gasteiger partial charge in [0.1, 0.15) is 19.0 Å². The number of amides is 1. The van der Waals surface area contributed by atoms with Gasteiger partial charge in [0.25, 0.3) is 0 Å². The van der Waals surface area contributed by atoms with Crippen LogP contribution < -0.4 is 10.5 Å². The van der Waals surface area contributed by atoms with Crippen LogP contribution in [0.25, 0.3) is 0 Å². The maximum atomic E-state index is 10.6. The molecule has 0 heterocycles. The maximum absolute atomic E-state index is 10.6. The maximum Gasteiger partial charge on any atom is 0.404 e. The van der Waals surface area contributed by atoms with Crippen molar-refractivity contribution in [2.75, 3.05) is 19.8 Å². The second-order valence-corrected chi connectivity index (χ2v) is 3.29. The number of rotatable bonds is 6. The second-order valence-electron chi connectivity index (χ2n) is 3.29. The minimum absolute atomic E-state index is 0.236. The number of hydrogen-bond acceptors (Lipinski definition) is 5. The number of hydrogen-bond donors (Lipinski definition) is 1. The van der Waals surface area contributed by atoms with E-state index in [2.05, 4.69) is 17.0 Å². The van der Waals surface area contributed by atoms with E-state index in [1.54, 1.807) is 6.92 Å². The van der Waals surface area contributed by atoms with Crippen molar-refractivity contribution in [3.63, 3.8) is 0 Å². The van der Waals surface area contributed by atoms with Gasteiger partial charge in [0, 0.05) is 6.08 Å². The summed E-state index contributed by atoms with van der Waals surface area (Å²) in [5, 5.41) is 0. The SMILES string of the molecule is C=CC(=O)OCCOc1ccccc1.CCOC(N)=O. The first-order valence-corrected chi connectivity index (χ1v) is 5.99. The van der Waals surface area contributed by atoms with Gasteiger partial charge in [-0.05, 0) is 19.1 Å². The van der Waals surface area contributed by atoms with Gasteiger partial charge in [-0.2, -0.15) is 0 Å². The van der Waals surface area contributed by atoms with Crippen LogP contribution in [0.3, 0.4) is 0 Å². The Labute approximate surface area is 118 Å². The van der Waals surface area contributed by atoms with Gasteiger partial charge < -0.3 is 19.9 Å². The molecule has 1 rings (SSSR count). The van der Waals surface area contributed by atoms with Crippen molar-refractivity contribution in [2.45, 2.75) is 6.92 Å². The molecule has 1 aromatic carbocycles. The van der Waals surface area contributed by atoms with Gasteiger partial charge in [0.15, 0.2) is 0 Å². The van der Waals surface area contributed by atoms with Crippen molar-refractivity contribution in [1.29, 1.82) is 0 Å². The summed E-state index contributed by atoms with van der Waals surface area (Å²) in [6.45, 7) is 5.92. The summed E-state index contributed by atoms with van der Waals surface area (Å²) in [5.74, 6) is 0.337. The second kappa shape index (κ2) is 11.6. The highest BCUT2D eigenvalue weighted by atomic mass is 16.6. The lowest BCUT2D eigenvalue weighted by molar-refractivity contribution is -0.138. The third-order valence-corrected chi connectivity index (χ3v) is 1.79. The number of ether oxygens (including phenoxy) is 3. The van der Waals surface area contributed by atoms with Crippen LogP contribution in [0.15, 0.2) is 43.0 Å². The minimum atomic E-state index is -0.711. The van der Waals surface area contributed by atoms with E-state index in [1.165, 1.54) is 0 Å². The molecule has 20 heavy (non-hydrogen) atoms. The van der Waals surface area contributed by atoms with E-state index in [9.17, 15) is 9.59 Å². The van der Waals surface area contributed by atoms with E-state index in [0.29, 0.717) is 13.2 Å². The lowest BCUT2D eigenvalue weighted by Crippen LogP contribution is -2.11. The van der Waals surface area contributed by atoms with Crippen molar-refractivity contribution >= 4 is 12.1 Å². The summed E-state index contributed by atoms with van der Waals surface area (Å²) < 4.78 is 14.2. The van der Waals surface area contributed by atoms with Crippen molar-refractivity contribution < 1.29 is 23.8 Å². The zero-order valence-corrected chi connectivity index (χ0v) is 11.4. The molecule has 0 atom stereocenters. The van der Waals surface area contributed by atoms with Gasteiger partial charge >= 0.3 is 12.1 Å². The van der Waals surface area contributed by atoms with Crippen molar-refractivity contribution in [2.24, 2.45) is 5.73 Å². The molecule has 0 aliphatic carbocycles.